The van der Waals surface area contributed by atoms with Gasteiger partial charge in [-0.05, 0) is 17.5 Å². The normalized spacial score (nSPS) is 20.3. The van der Waals surface area contributed by atoms with Crippen LogP contribution in [0.2, 0.25) is 0 Å². The zero-order chi connectivity index (χ0) is 14.9. The summed E-state index contributed by atoms with van der Waals surface area (Å²) in [5, 5.41) is 3.41. The molecule has 0 unspecified atom stereocenters. The first-order chi connectivity index (χ1) is 10.0. The van der Waals surface area contributed by atoms with Gasteiger partial charge in [-0.15, -0.1) is 0 Å². The molecule has 2 aliphatic rings. The Balaban J connectivity index is 1.55. The lowest BCUT2D eigenvalue weighted by Gasteiger charge is -2.35. The van der Waals surface area contributed by atoms with Crippen LogP contribution in [0.15, 0.2) is 18.2 Å². The van der Waals surface area contributed by atoms with E-state index in [1.165, 1.54) is 21.7 Å². The second-order valence-electron chi connectivity index (χ2n) is 5.80. The third-order valence-electron chi connectivity index (χ3n) is 4.19. The molecule has 6 heteroatoms. The van der Waals surface area contributed by atoms with Gasteiger partial charge >= 0.3 is 6.18 Å². The van der Waals surface area contributed by atoms with Crippen LogP contribution in [0.5, 0.6) is 0 Å². The van der Waals surface area contributed by atoms with Crippen molar-refractivity contribution in [1.29, 1.82) is 0 Å². The third-order valence-corrected chi connectivity index (χ3v) is 4.19. The van der Waals surface area contributed by atoms with E-state index in [1.54, 1.807) is 0 Å². The van der Waals surface area contributed by atoms with Crippen LogP contribution in [-0.2, 0) is 13.0 Å². The Morgan fingerprint density at radius 1 is 1.05 bits per heavy atom. The van der Waals surface area contributed by atoms with Crippen molar-refractivity contribution in [2.75, 3.05) is 44.6 Å². The first-order valence-electron chi connectivity index (χ1n) is 7.37. The van der Waals surface area contributed by atoms with Gasteiger partial charge in [0.15, 0.2) is 0 Å². The number of hydrogen-bond acceptors (Lipinski definition) is 3. The van der Waals surface area contributed by atoms with E-state index in [1.807, 2.05) is 0 Å². The number of nitrogens with one attached hydrogen (secondary N) is 1. The van der Waals surface area contributed by atoms with E-state index < -0.39 is 12.7 Å². The minimum atomic E-state index is -4.09. The number of fused-ring (bicyclic) bond motifs is 1. The van der Waals surface area contributed by atoms with Crippen LogP contribution < -0.4 is 5.32 Å². The highest BCUT2D eigenvalue weighted by atomic mass is 19.4. The van der Waals surface area contributed by atoms with E-state index in [0.29, 0.717) is 26.2 Å². The highest BCUT2D eigenvalue weighted by molar-refractivity contribution is 5.61. The fourth-order valence-electron chi connectivity index (χ4n) is 3.14. The largest absolute Gasteiger partial charge is 0.401 e. The van der Waals surface area contributed by atoms with Crippen molar-refractivity contribution in [3.63, 3.8) is 0 Å². The highest BCUT2D eigenvalue weighted by Gasteiger charge is 2.32. The van der Waals surface area contributed by atoms with Crippen molar-refractivity contribution < 1.29 is 13.2 Å². The predicted molar refractivity (Wildman–Crippen MR) is 76.4 cm³/mol. The maximum absolute atomic E-state index is 12.4. The first kappa shape index (κ1) is 14.7. The van der Waals surface area contributed by atoms with E-state index in [-0.39, 0.29) is 0 Å². The predicted octanol–water partition coefficient (Wildman–Crippen LogP) is 2.33. The Bertz CT molecular complexity index is 493. The molecule has 2 heterocycles. The van der Waals surface area contributed by atoms with Crippen molar-refractivity contribution in [3.05, 3.63) is 29.3 Å². The van der Waals surface area contributed by atoms with Crippen LogP contribution in [-0.4, -0.2) is 55.2 Å². The molecule has 3 nitrogen and oxygen atoms in total. The zero-order valence-corrected chi connectivity index (χ0v) is 11.9. The molecule has 0 amide bonds. The molecular formula is C15H20F3N3. The molecule has 3 rings (SSSR count). The van der Waals surface area contributed by atoms with Crippen molar-refractivity contribution >= 4 is 5.69 Å². The monoisotopic (exact) mass is 299 g/mol. The topological polar surface area (TPSA) is 18.5 Å². The lowest BCUT2D eigenvalue weighted by atomic mass is 10.1. The summed E-state index contributed by atoms with van der Waals surface area (Å²) in [5.41, 5.74) is 3.84. The SMILES string of the molecule is FC(F)(F)CN1CCN(Cc2cccc3c2NCC3)CC1. The van der Waals surface area contributed by atoms with Crippen LogP contribution in [0.4, 0.5) is 18.9 Å². The van der Waals surface area contributed by atoms with Gasteiger partial charge in [0.25, 0.3) is 0 Å². The number of hydrogen-bond donors (Lipinski definition) is 1. The molecule has 21 heavy (non-hydrogen) atoms. The van der Waals surface area contributed by atoms with Gasteiger partial charge in [-0.1, -0.05) is 18.2 Å². The first-order valence-corrected chi connectivity index (χ1v) is 7.37. The summed E-state index contributed by atoms with van der Waals surface area (Å²) in [6, 6.07) is 6.32. The van der Waals surface area contributed by atoms with E-state index >= 15 is 0 Å². The maximum Gasteiger partial charge on any atom is 0.401 e. The highest BCUT2D eigenvalue weighted by Crippen LogP contribution is 2.27. The smallest absolute Gasteiger partial charge is 0.384 e. The molecule has 116 valence electrons. The van der Waals surface area contributed by atoms with Gasteiger partial charge in [0.05, 0.1) is 6.54 Å². The van der Waals surface area contributed by atoms with Gasteiger partial charge in [-0.2, -0.15) is 13.2 Å². The summed E-state index contributed by atoms with van der Waals surface area (Å²) >= 11 is 0. The van der Waals surface area contributed by atoms with E-state index in [4.69, 9.17) is 0 Å². The van der Waals surface area contributed by atoms with Crippen LogP contribution >= 0.6 is 0 Å². The maximum atomic E-state index is 12.4. The lowest BCUT2D eigenvalue weighted by Crippen LogP contribution is -2.48. The van der Waals surface area contributed by atoms with Gasteiger partial charge in [0.1, 0.15) is 0 Å². The number of benzene rings is 1. The zero-order valence-electron chi connectivity index (χ0n) is 11.9. The number of anilines is 1. The number of alkyl halides is 3. The number of rotatable bonds is 3. The van der Waals surface area contributed by atoms with Crippen molar-refractivity contribution in [1.82, 2.24) is 9.80 Å². The van der Waals surface area contributed by atoms with E-state index in [9.17, 15) is 13.2 Å². The third kappa shape index (κ3) is 3.68. The molecule has 1 aromatic carbocycles. The molecule has 1 saturated heterocycles. The molecule has 2 aliphatic heterocycles. The molecule has 1 N–H and O–H groups in total. The van der Waals surface area contributed by atoms with Gasteiger partial charge in [0.2, 0.25) is 0 Å². The number of halogens is 3. The second-order valence-corrected chi connectivity index (χ2v) is 5.80. The Morgan fingerprint density at radius 3 is 2.48 bits per heavy atom. The summed E-state index contributed by atoms with van der Waals surface area (Å²) in [6.45, 7) is 3.37. The molecule has 0 aliphatic carbocycles. The minimum Gasteiger partial charge on any atom is -0.384 e. The molecule has 1 aromatic rings. The van der Waals surface area contributed by atoms with Crippen LogP contribution in [0.1, 0.15) is 11.1 Å². The van der Waals surface area contributed by atoms with Gasteiger partial charge in [-0.3, -0.25) is 9.80 Å². The number of nitrogens with zero attached hydrogens (tertiary/aromatic N) is 2. The van der Waals surface area contributed by atoms with Gasteiger partial charge < -0.3 is 5.32 Å². The summed E-state index contributed by atoms with van der Waals surface area (Å²) in [7, 11) is 0. The van der Waals surface area contributed by atoms with Crippen molar-refractivity contribution in [2.45, 2.75) is 19.1 Å². The summed E-state index contributed by atoms with van der Waals surface area (Å²) in [5.74, 6) is 0. The molecule has 0 bridgehead atoms. The summed E-state index contributed by atoms with van der Waals surface area (Å²) in [6.07, 6.45) is -3.03. The standard InChI is InChI=1S/C15H20F3N3/c16-15(17,18)11-21-8-6-20(7-9-21)10-13-3-1-2-12-4-5-19-14(12)13/h1-3,19H,4-11H2. The molecule has 1 fully saturated rings. The van der Waals surface area contributed by atoms with Crippen LogP contribution in [0.25, 0.3) is 0 Å². The number of piperazine rings is 1. The van der Waals surface area contributed by atoms with E-state index in [2.05, 4.69) is 28.4 Å². The number of para-hydroxylation sites is 1. The van der Waals surface area contributed by atoms with Crippen molar-refractivity contribution in [3.8, 4) is 0 Å². The molecule has 0 radical (unpaired) electrons. The Kier molecular flexibility index (Phi) is 4.08. The average Bonchev–Trinajstić information content (AvgIpc) is 2.89. The molecule has 0 aromatic heterocycles. The Hall–Kier alpha value is -1.27. The molecule has 0 spiro atoms. The second kappa shape index (κ2) is 5.85. The fourth-order valence-corrected chi connectivity index (χ4v) is 3.14. The molecule has 0 saturated carbocycles. The minimum absolute atomic E-state index is 0.488. The molecule has 0 atom stereocenters. The van der Waals surface area contributed by atoms with Gasteiger partial charge in [0, 0.05) is 45.0 Å². The Labute approximate surface area is 122 Å². The fraction of sp³-hybridized carbons (Fsp3) is 0.600. The van der Waals surface area contributed by atoms with Gasteiger partial charge in [-0.25, -0.2) is 0 Å². The van der Waals surface area contributed by atoms with Crippen LogP contribution in [0.3, 0.4) is 0 Å². The Morgan fingerprint density at radius 2 is 1.76 bits per heavy atom. The summed E-state index contributed by atoms with van der Waals surface area (Å²) < 4.78 is 37.1. The lowest BCUT2D eigenvalue weighted by molar-refractivity contribution is -0.149. The summed E-state index contributed by atoms with van der Waals surface area (Å²) in [4.78, 5) is 3.73. The van der Waals surface area contributed by atoms with E-state index in [0.717, 1.165) is 19.5 Å². The molecular weight excluding hydrogens is 279 g/mol. The van der Waals surface area contributed by atoms with Crippen LogP contribution in [0, 0.1) is 0 Å². The average molecular weight is 299 g/mol. The van der Waals surface area contributed by atoms with Crippen molar-refractivity contribution in [2.24, 2.45) is 0 Å². The quantitative estimate of drug-likeness (QED) is 0.924.